The van der Waals surface area contributed by atoms with Gasteiger partial charge in [-0.15, -0.1) is 0 Å². The zero-order valence-electron chi connectivity index (χ0n) is 16.4. The third-order valence-electron chi connectivity index (χ3n) is 5.95. The number of ether oxygens (including phenoxy) is 2. The predicted octanol–water partition coefficient (Wildman–Crippen LogP) is 5.93. The van der Waals surface area contributed by atoms with Gasteiger partial charge in [0.1, 0.15) is 18.1 Å². The Balaban J connectivity index is 1.71. The van der Waals surface area contributed by atoms with Crippen LogP contribution >= 0.6 is 0 Å². The largest absolute Gasteiger partial charge is 0.497 e. The number of aromatic nitrogens is 2. The molecule has 0 amide bonds. The van der Waals surface area contributed by atoms with Crippen molar-refractivity contribution < 1.29 is 9.47 Å². The number of pyridine rings is 1. The number of aryl methyl sites for hydroxylation is 1. The quantitative estimate of drug-likeness (QED) is 0.381. The maximum Gasteiger partial charge on any atom is 0.129 e. The molecule has 0 radical (unpaired) electrons. The highest BCUT2D eigenvalue weighted by molar-refractivity contribution is 6.20. The Hall–Kier alpha value is -3.53. The summed E-state index contributed by atoms with van der Waals surface area (Å²) in [4.78, 5) is 5.08. The van der Waals surface area contributed by atoms with Crippen molar-refractivity contribution in [1.82, 2.24) is 9.55 Å². The second-order valence-corrected chi connectivity index (χ2v) is 7.43. The van der Waals surface area contributed by atoms with Crippen LogP contribution in [-0.4, -0.2) is 16.7 Å². The molecule has 4 heteroatoms. The van der Waals surface area contributed by atoms with Crippen molar-refractivity contribution in [2.45, 2.75) is 20.1 Å². The van der Waals surface area contributed by atoms with E-state index >= 15 is 0 Å². The van der Waals surface area contributed by atoms with Crippen LogP contribution in [-0.2, 0) is 13.2 Å². The van der Waals surface area contributed by atoms with Crippen LogP contribution in [0.2, 0.25) is 0 Å². The summed E-state index contributed by atoms with van der Waals surface area (Å²) in [5.41, 5.74) is 6.60. The highest BCUT2D eigenvalue weighted by Gasteiger charge is 2.22. The zero-order chi connectivity index (χ0) is 19.5. The third kappa shape index (κ3) is 2.23. The molecule has 3 aromatic carbocycles. The number of benzene rings is 3. The maximum atomic E-state index is 6.02. The summed E-state index contributed by atoms with van der Waals surface area (Å²) >= 11 is 0. The van der Waals surface area contributed by atoms with Gasteiger partial charge in [0.15, 0.2) is 0 Å². The van der Waals surface area contributed by atoms with Crippen LogP contribution in [0, 0.1) is 0 Å². The molecule has 0 aliphatic carbocycles. The Labute approximate surface area is 168 Å². The lowest BCUT2D eigenvalue weighted by Crippen LogP contribution is -2.07. The first-order chi connectivity index (χ1) is 14.3. The molecule has 1 aliphatic heterocycles. The first-order valence-corrected chi connectivity index (χ1v) is 9.93. The summed E-state index contributed by atoms with van der Waals surface area (Å²) in [7, 11) is 1.68. The highest BCUT2D eigenvalue weighted by Crippen LogP contribution is 2.41. The minimum atomic E-state index is 0.528. The van der Waals surface area contributed by atoms with Gasteiger partial charge in [0.2, 0.25) is 0 Å². The zero-order valence-corrected chi connectivity index (χ0v) is 16.4. The van der Waals surface area contributed by atoms with Crippen molar-refractivity contribution >= 4 is 32.7 Å². The topological polar surface area (TPSA) is 36.3 Å². The Bertz CT molecular complexity index is 1430. The Morgan fingerprint density at radius 2 is 1.90 bits per heavy atom. The average Bonchev–Trinajstić information content (AvgIpc) is 3.11. The molecular weight excluding hydrogens is 360 g/mol. The van der Waals surface area contributed by atoms with Crippen LogP contribution in [0.25, 0.3) is 44.0 Å². The fraction of sp³-hybridized carbons (Fsp3) is 0.160. The Morgan fingerprint density at radius 3 is 2.76 bits per heavy atom. The van der Waals surface area contributed by atoms with E-state index in [0.29, 0.717) is 6.61 Å². The molecule has 0 N–H and O–H groups in total. The van der Waals surface area contributed by atoms with Gasteiger partial charge in [-0.3, -0.25) is 0 Å². The van der Waals surface area contributed by atoms with Gasteiger partial charge in [-0.25, -0.2) is 4.98 Å². The minimum Gasteiger partial charge on any atom is -0.497 e. The van der Waals surface area contributed by atoms with E-state index in [4.69, 9.17) is 14.5 Å². The summed E-state index contributed by atoms with van der Waals surface area (Å²) in [6.45, 7) is 3.66. The van der Waals surface area contributed by atoms with Crippen molar-refractivity contribution in [3.8, 4) is 22.8 Å². The molecule has 0 atom stereocenters. The second-order valence-electron chi connectivity index (χ2n) is 7.43. The van der Waals surface area contributed by atoms with E-state index in [1.807, 2.05) is 18.2 Å². The van der Waals surface area contributed by atoms with Crippen LogP contribution in [0.3, 0.4) is 0 Å². The van der Waals surface area contributed by atoms with E-state index in [0.717, 1.165) is 40.4 Å². The summed E-state index contributed by atoms with van der Waals surface area (Å²) in [5, 5.41) is 3.72. The van der Waals surface area contributed by atoms with Crippen molar-refractivity contribution in [3.63, 3.8) is 0 Å². The molecule has 1 aliphatic rings. The van der Waals surface area contributed by atoms with Crippen LogP contribution in [0.15, 0.2) is 60.7 Å². The standard InChI is InChI=1S/C25H20N2O2/c1-3-27-21-7-5-4-6-17(21)24-18-12-15-14-29-23-11-8-16(28-2)13-19(23)25(15)26-20(18)9-10-22(24)27/h4-13H,3,14H2,1-2H3. The maximum absolute atomic E-state index is 6.02. The molecule has 2 aromatic heterocycles. The molecule has 4 nitrogen and oxygen atoms in total. The summed E-state index contributed by atoms with van der Waals surface area (Å²) in [6, 6.07) is 21.1. The lowest BCUT2D eigenvalue weighted by Gasteiger charge is -2.21. The van der Waals surface area contributed by atoms with Gasteiger partial charge >= 0.3 is 0 Å². The van der Waals surface area contributed by atoms with Crippen molar-refractivity contribution in [3.05, 3.63) is 66.2 Å². The molecule has 29 heavy (non-hydrogen) atoms. The first-order valence-electron chi connectivity index (χ1n) is 9.93. The predicted molar refractivity (Wildman–Crippen MR) is 117 cm³/mol. The molecule has 0 unspecified atom stereocenters. The van der Waals surface area contributed by atoms with Gasteiger partial charge in [-0.05, 0) is 49.4 Å². The molecule has 0 saturated carbocycles. The highest BCUT2D eigenvalue weighted by atomic mass is 16.5. The number of para-hydroxylation sites is 1. The molecule has 0 bridgehead atoms. The van der Waals surface area contributed by atoms with E-state index in [9.17, 15) is 0 Å². The summed E-state index contributed by atoms with van der Waals surface area (Å²) in [6.07, 6.45) is 0. The number of rotatable bonds is 2. The molecule has 5 aromatic rings. The smallest absolute Gasteiger partial charge is 0.129 e. The van der Waals surface area contributed by atoms with Gasteiger partial charge in [0.25, 0.3) is 0 Å². The lowest BCUT2D eigenvalue weighted by atomic mass is 9.98. The van der Waals surface area contributed by atoms with Gasteiger partial charge in [-0.1, -0.05) is 18.2 Å². The monoisotopic (exact) mass is 380 g/mol. The van der Waals surface area contributed by atoms with Crippen LogP contribution in [0.4, 0.5) is 0 Å². The average molecular weight is 380 g/mol. The van der Waals surface area contributed by atoms with Crippen molar-refractivity contribution in [2.24, 2.45) is 0 Å². The van der Waals surface area contributed by atoms with Crippen molar-refractivity contribution in [2.75, 3.05) is 7.11 Å². The van der Waals surface area contributed by atoms with E-state index in [-0.39, 0.29) is 0 Å². The molecule has 0 fully saturated rings. The van der Waals surface area contributed by atoms with E-state index < -0.39 is 0 Å². The van der Waals surface area contributed by atoms with Crippen LogP contribution < -0.4 is 9.47 Å². The normalized spacial score (nSPS) is 12.8. The fourth-order valence-electron chi connectivity index (χ4n) is 4.62. The van der Waals surface area contributed by atoms with E-state index in [1.54, 1.807) is 7.11 Å². The number of hydrogen-bond acceptors (Lipinski definition) is 3. The fourth-order valence-corrected chi connectivity index (χ4v) is 4.62. The van der Waals surface area contributed by atoms with Gasteiger partial charge < -0.3 is 14.0 Å². The van der Waals surface area contributed by atoms with Crippen molar-refractivity contribution in [1.29, 1.82) is 0 Å². The van der Waals surface area contributed by atoms with Gasteiger partial charge in [0.05, 0.1) is 18.3 Å². The molecule has 0 saturated heterocycles. The lowest BCUT2D eigenvalue weighted by molar-refractivity contribution is 0.301. The first kappa shape index (κ1) is 16.4. The number of fused-ring (bicyclic) bond motifs is 8. The molecule has 3 heterocycles. The summed E-state index contributed by atoms with van der Waals surface area (Å²) in [5.74, 6) is 1.66. The van der Waals surface area contributed by atoms with Gasteiger partial charge in [-0.2, -0.15) is 0 Å². The van der Waals surface area contributed by atoms with Crippen LogP contribution in [0.5, 0.6) is 11.5 Å². The Kier molecular flexibility index (Phi) is 3.39. The third-order valence-corrected chi connectivity index (χ3v) is 5.95. The van der Waals surface area contributed by atoms with E-state index in [1.165, 1.54) is 27.2 Å². The SMILES string of the molecule is CCn1c2ccccc2c2c3cc4c(nc3ccc21)-c1cc(OC)ccc1OC4. The van der Waals surface area contributed by atoms with E-state index in [2.05, 4.69) is 54.0 Å². The molecule has 0 spiro atoms. The number of methoxy groups -OCH3 is 1. The molecule has 6 rings (SSSR count). The Morgan fingerprint density at radius 1 is 1.00 bits per heavy atom. The number of nitrogens with zero attached hydrogens (tertiary/aromatic N) is 2. The second kappa shape index (κ2) is 5.98. The van der Waals surface area contributed by atoms with Crippen LogP contribution in [0.1, 0.15) is 12.5 Å². The number of hydrogen-bond donors (Lipinski definition) is 0. The van der Waals surface area contributed by atoms with Gasteiger partial charge in [0, 0.05) is 44.9 Å². The minimum absolute atomic E-state index is 0.528. The summed E-state index contributed by atoms with van der Waals surface area (Å²) < 4.78 is 13.8. The molecular formula is C25H20N2O2. The molecule has 142 valence electrons.